The molecule has 0 fully saturated rings. The van der Waals surface area contributed by atoms with Crippen LogP contribution >= 0.6 is 0 Å². The van der Waals surface area contributed by atoms with E-state index in [0.29, 0.717) is 18.5 Å². The van der Waals surface area contributed by atoms with Crippen LogP contribution in [0.4, 0.5) is 5.69 Å². The zero-order chi connectivity index (χ0) is 13.3. The van der Waals surface area contributed by atoms with E-state index in [1.54, 1.807) is 21.1 Å². The highest BCUT2D eigenvalue weighted by molar-refractivity contribution is 5.96. The Labute approximate surface area is 106 Å². The normalized spacial score (nSPS) is 15.8. The smallest absolute Gasteiger partial charge is 0.241 e. The fourth-order valence-electron chi connectivity index (χ4n) is 2.23. The van der Waals surface area contributed by atoms with Gasteiger partial charge in [0.25, 0.3) is 0 Å². The number of ether oxygens (including phenoxy) is 2. The third kappa shape index (κ3) is 1.90. The van der Waals surface area contributed by atoms with Gasteiger partial charge in [-0.2, -0.15) is 0 Å². The van der Waals surface area contributed by atoms with Crippen LogP contribution in [-0.4, -0.2) is 20.1 Å². The summed E-state index contributed by atoms with van der Waals surface area (Å²) in [7, 11) is 3.13. The van der Waals surface area contributed by atoms with Crippen LogP contribution in [0.1, 0.15) is 24.5 Å². The Bertz CT molecular complexity index is 469. The number of methoxy groups -OCH3 is 2. The Morgan fingerprint density at radius 2 is 1.94 bits per heavy atom. The fraction of sp³-hybridized carbons (Fsp3) is 0.462. The summed E-state index contributed by atoms with van der Waals surface area (Å²) in [4.78, 5) is 11.7. The van der Waals surface area contributed by atoms with E-state index in [4.69, 9.17) is 15.3 Å². The van der Waals surface area contributed by atoms with Gasteiger partial charge >= 0.3 is 0 Å². The second-order valence-corrected chi connectivity index (χ2v) is 4.43. The van der Waals surface area contributed by atoms with Gasteiger partial charge in [0.2, 0.25) is 5.91 Å². The predicted octanol–water partition coefficient (Wildman–Crippen LogP) is 1.30. The summed E-state index contributed by atoms with van der Waals surface area (Å²) >= 11 is 0. The van der Waals surface area contributed by atoms with Crippen LogP contribution in [0.15, 0.2) is 18.2 Å². The predicted molar refractivity (Wildman–Crippen MR) is 67.8 cm³/mol. The van der Waals surface area contributed by atoms with E-state index >= 15 is 0 Å². The number of nitrogens with two attached hydrogens (primary N) is 1. The number of amides is 1. The first-order chi connectivity index (χ1) is 8.53. The van der Waals surface area contributed by atoms with Crippen molar-refractivity contribution in [3.05, 3.63) is 29.3 Å². The van der Waals surface area contributed by atoms with Crippen LogP contribution < -0.4 is 10.9 Å². The number of hydrogen-bond acceptors (Lipinski definition) is 4. The molecule has 2 N–H and O–H groups in total. The van der Waals surface area contributed by atoms with Gasteiger partial charge < -0.3 is 9.47 Å². The minimum absolute atomic E-state index is 0.0930. The number of aryl methyl sites for hydroxylation is 1. The topological polar surface area (TPSA) is 64.8 Å². The Morgan fingerprint density at radius 3 is 2.56 bits per heavy atom. The molecule has 98 valence electrons. The molecule has 0 spiro atoms. The van der Waals surface area contributed by atoms with Crippen molar-refractivity contribution in [1.29, 1.82) is 0 Å². The van der Waals surface area contributed by atoms with E-state index in [9.17, 15) is 4.79 Å². The lowest BCUT2D eigenvalue weighted by atomic mass is 9.94. The molecular formula is C13H18N2O3. The highest BCUT2D eigenvalue weighted by Gasteiger charge is 2.34. The van der Waals surface area contributed by atoms with E-state index in [2.05, 4.69) is 0 Å². The van der Waals surface area contributed by atoms with Gasteiger partial charge in [0, 0.05) is 26.2 Å². The summed E-state index contributed by atoms with van der Waals surface area (Å²) in [5.41, 5.74) is 2.50. The quantitative estimate of drug-likeness (QED) is 0.499. The second kappa shape index (κ2) is 4.68. The molecule has 1 heterocycles. The molecule has 1 aliphatic heterocycles. The second-order valence-electron chi connectivity index (χ2n) is 4.43. The highest BCUT2D eigenvalue weighted by Crippen LogP contribution is 2.37. The molecule has 0 saturated heterocycles. The number of rotatable bonds is 3. The van der Waals surface area contributed by atoms with Crippen LogP contribution in [0.3, 0.4) is 0 Å². The largest absolute Gasteiger partial charge is 0.349 e. The van der Waals surface area contributed by atoms with Gasteiger partial charge in [-0.05, 0) is 18.9 Å². The third-order valence-electron chi connectivity index (χ3n) is 3.51. The van der Waals surface area contributed by atoms with Gasteiger partial charge in [0.05, 0.1) is 5.69 Å². The van der Waals surface area contributed by atoms with Gasteiger partial charge in [-0.15, -0.1) is 0 Å². The third-order valence-corrected chi connectivity index (χ3v) is 3.51. The molecule has 1 aliphatic rings. The lowest BCUT2D eigenvalue weighted by Crippen LogP contribution is -2.43. The maximum absolute atomic E-state index is 11.7. The van der Waals surface area contributed by atoms with Crippen LogP contribution in [-0.2, 0) is 26.5 Å². The first kappa shape index (κ1) is 13.0. The fourth-order valence-corrected chi connectivity index (χ4v) is 2.23. The van der Waals surface area contributed by atoms with Gasteiger partial charge in [0.15, 0.2) is 5.79 Å². The first-order valence-corrected chi connectivity index (χ1v) is 5.84. The lowest BCUT2D eigenvalue weighted by molar-refractivity contribution is -0.201. The number of para-hydroxylation sites is 1. The molecule has 0 unspecified atom stereocenters. The standard InChI is InChI=1S/C13H18N2O3/c1-13(17-2,18-3)10-6-4-5-9-7-8-11(16)15(14)12(9)10/h4-6H,7-8,14H2,1-3H3. The van der Waals surface area contributed by atoms with Crippen molar-refractivity contribution in [2.24, 2.45) is 5.84 Å². The molecule has 0 bridgehead atoms. The van der Waals surface area contributed by atoms with Crippen molar-refractivity contribution in [3.63, 3.8) is 0 Å². The number of nitrogens with zero attached hydrogens (tertiary/aromatic N) is 1. The molecule has 0 aliphatic carbocycles. The van der Waals surface area contributed by atoms with Crippen LogP contribution in [0, 0.1) is 0 Å². The minimum Gasteiger partial charge on any atom is -0.349 e. The molecule has 18 heavy (non-hydrogen) atoms. The molecule has 5 nitrogen and oxygen atoms in total. The molecule has 1 amide bonds. The SMILES string of the molecule is COC(C)(OC)c1cccc2c1N(N)C(=O)CC2. The molecule has 0 radical (unpaired) electrons. The number of hydrogen-bond donors (Lipinski definition) is 1. The molecular weight excluding hydrogens is 232 g/mol. The van der Waals surface area contributed by atoms with Crippen molar-refractivity contribution in [2.75, 3.05) is 19.2 Å². The Morgan fingerprint density at radius 1 is 1.28 bits per heavy atom. The van der Waals surface area contributed by atoms with Gasteiger partial charge in [-0.25, -0.2) is 10.9 Å². The number of anilines is 1. The summed E-state index contributed by atoms with van der Waals surface area (Å²) in [6.07, 6.45) is 1.13. The number of carbonyl (C=O) groups excluding carboxylic acids is 1. The zero-order valence-electron chi connectivity index (χ0n) is 10.9. The van der Waals surface area contributed by atoms with E-state index in [1.165, 1.54) is 5.01 Å². The van der Waals surface area contributed by atoms with E-state index in [0.717, 1.165) is 11.1 Å². The van der Waals surface area contributed by atoms with Crippen molar-refractivity contribution in [1.82, 2.24) is 0 Å². The van der Waals surface area contributed by atoms with Crippen molar-refractivity contribution >= 4 is 11.6 Å². The van der Waals surface area contributed by atoms with Gasteiger partial charge in [-0.1, -0.05) is 18.2 Å². The number of carbonyl (C=O) groups is 1. The Hall–Kier alpha value is -1.43. The van der Waals surface area contributed by atoms with Crippen molar-refractivity contribution in [2.45, 2.75) is 25.6 Å². The monoisotopic (exact) mass is 250 g/mol. The highest BCUT2D eigenvalue weighted by atomic mass is 16.7. The summed E-state index contributed by atoms with van der Waals surface area (Å²) < 4.78 is 10.8. The van der Waals surface area contributed by atoms with Gasteiger partial charge in [-0.3, -0.25) is 4.79 Å². The van der Waals surface area contributed by atoms with Crippen molar-refractivity contribution in [3.8, 4) is 0 Å². The van der Waals surface area contributed by atoms with Crippen LogP contribution in [0.5, 0.6) is 0 Å². The Kier molecular flexibility index (Phi) is 3.38. The summed E-state index contributed by atoms with van der Waals surface area (Å²) in [5.74, 6) is 4.86. The lowest BCUT2D eigenvalue weighted by Gasteiger charge is -2.34. The molecule has 5 heteroatoms. The maximum atomic E-state index is 11.7. The molecule has 2 rings (SSSR count). The van der Waals surface area contributed by atoms with Gasteiger partial charge in [0.1, 0.15) is 0 Å². The summed E-state index contributed by atoms with van der Waals surface area (Å²) in [6.45, 7) is 1.80. The van der Waals surface area contributed by atoms with E-state index in [1.807, 2.05) is 18.2 Å². The molecule has 0 aromatic heterocycles. The van der Waals surface area contributed by atoms with Crippen LogP contribution in [0.25, 0.3) is 0 Å². The first-order valence-electron chi connectivity index (χ1n) is 5.84. The number of hydrazine groups is 1. The van der Waals surface area contributed by atoms with Crippen LogP contribution in [0.2, 0.25) is 0 Å². The number of benzene rings is 1. The number of fused-ring (bicyclic) bond motifs is 1. The molecule has 0 atom stereocenters. The zero-order valence-corrected chi connectivity index (χ0v) is 10.9. The molecule has 1 aromatic carbocycles. The summed E-state index contributed by atoms with van der Waals surface area (Å²) in [5, 5.41) is 1.20. The average Bonchev–Trinajstić information content (AvgIpc) is 2.41. The summed E-state index contributed by atoms with van der Waals surface area (Å²) in [6, 6.07) is 5.76. The maximum Gasteiger partial charge on any atom is 0.241 e. The molecule has 1 aromatic rings. The minimum atomic E-state index is -0.916. The van der Waals surface area contributed by atoms with Crippen molar-refractivity contribution < 1.29 is 14.3 Å². The Balaban J connectivity index is 2.60. The average molecular weight is 250 g/mol. The molecule has 0 saturated carbocycles. The van der Waals surface area contributed by atoms with E-state index in [-0.39, 0.29) is 5.91 Å². The van der Waals surface area contributed by atoms with E-state index < -0.39 is 5.79 Å².